The van der Waals surface area contributed by atoms with Crippen LogP contribution in [0.15, 0.2) is 53.4 Å². The van der Waals surface area contributed by atoms with E-state index < -0.39 is 16.0 Å². The number of sulfonamides is 1. The molecule has 0 spiro atoms. The van der Waals surface area contributed by atoms with Crippen LogP contribution in [0.2, 0.25) is 0 Å². The third kappa shape index (κ3) is 6.30. The number of hydrogen-bond acceptors (Lipinski definition) is 6. The van der Waals surface area contributed by atoms with Crippen LogP contribution in [0, 0.1) is 0 Å². The highest BCUT2D eigenvalue weighted by atomic mass is 32.2. The van der Waals surface area contributed by atoms with Crippen LogP contribution in [0.25, 0.3) is 0 Å². The Balaban J connectivity index is 1.52. The first-order chi connectivity index (χ1) is 15.4. The predicted octanol–water partition coefficient (Wildman–Crippen LogP) is 3.45. The fraction of sp³-hybridized carbons (Fsp3) is 0.391. The van der Waals surface area contributed by atoms with Crippen LogP contribution in [0.4, 0.5) is 5.69 Å². The molecule has 0 unspecified atom stereocenters. The van der Waals surface area contributed by atoms with Crippen molar-refractivity contribution in [2.45, 2.75) is 37.5 Å². The lowest BCUT2D eigenvalue weighted by Crippen LogP contribution is -2.31. The van der Waals surface area contributed by atoms with Crippen LogP contribution >= 0.6 is 0 Å². The molecule has 9 heteroatoms. The van der Waals surface area contributed by atoms with E-state index in [0.29, 0.717) is 36.7 Å². The Bertz CT molecular complexity index is 1010. The number of carbonyl (C=O) groups excluding carboxylic acids is 2. The van der Waals surface area contributed by atoms with Gasteiger partial charge in [0.25, 0.3) is 5.91 Å². The van der Waals surface area contributed by atoms with Gasteiger partial charge >= 0.3 is 5.97 Å². The second-order valence-corrected chi connectivity index (χ2v) is 9.36. The van der Waals surface area contributed by atoms with Gasteiger partial charge in [-0.1, -0.05) is 12.8 Å². The van der Waals surface area contributed by atoms with Crippen LogP contribution in [-0.4, -0.2) is 50.9 Å². The largest absolute Gasteiger partial charge is 0.484 e. The molecule has 8 nitrogen and oxygen atoms in total. The molecule has 1 N–H and O–H groups in total. The summed E-state index contributed by atoms with van der Waals surface area (Å²) in [5, 5.41) is 2.68. The Morgan fingerprint density at radius 2 is 1.56 bits per heavy atom. The molecule has 1 saturated heterocycles. The number of nitrogens with one attached hydrogen (secondary N) is 1. The highest BCUT2D eigenvalue weighted by Gasteiger charge is 2.25. The summed E-state index contributed by atoms with van der Waals surface area (Å²) in [5.74, 6) is -0.405. The number of esters is 1. The lowest BCUT2D eigenvalue weighted by atomic mass is 10.2. The highest BCUT2D eigenvalue weighted by molar-refractivity contribution is 7.89. The average Bonchev–Trinajstić information content (AvgIpc) is 3.09. The van der Waals surface area contributed by atoms with Gasteiger partial charge in [-0.05, 0) is 68.3 Å². The van der Waals surface area contributed by atoms with Gasteiger partial charge in [-0.25, -0.2) is 13.2 Å². The smallest absolute Gasteiger partial charge is 0.338 e. The average molecular weight is 461 g/mol. The first-order valence-electron chi connectivity index (χ1n) is 10.7. The summed E-state index contributed by atoms with van der Waals surface area (Å²) in [6.45, 7) is 2.87. The minimum Gasteiger partial charge on any atom is -0.484 e. The van der Waals surface area contributed by atoms with E-state index in [-0.39, 0.29) is 17.4 Å². The molecule has 2 aromatic rings. The third-order valence-corrected chi connectivity index (χ3v) is 6.99. The summed E-state index contributed by atoms with van der Waals surface area (Å²) in [6, 6.07) is 12.4. The molecule has 3 rings (SSSR count). The molecule has 1 fully saturated rings. The maximum Gasteiger partial charge on any atom is 0.338 e. The zero-order valence-corrected chi connectivity index (χ0v) is 18.9. The second-order valence-electron chi connectivity index (χ2n) is 7.42. The maximum absolute atomic E-state index is 12.8. The van der Waals surface area contributed by atoms with E-state index in [9.17, 15) is 18.0 Å². The molecule has 0 aromatic heterocycles. The molecule has 0 radical (unpaired) electrons. The number of ether oxygens (including phenoxy) is 2. The first-order valence-corrected chi connectivity index (χ1v) is 12.1. The molecule has 172 valence electrons. The Labute approximate surface area is 188 Å². The molecule has 0 aliphatic carbocycles. The number of hydrogen-bond donors (Lipinski definition) is 1. The standard InChI is InChI=1S/C23H28N2O6S/c1-2-30-23(27)18-7-9-19(10-8-18)24-22(26)17-31-20-11-13-21(14-12-20)32(28,29)25-15-5-3-4-6-16-25/h7-14H,2-6,15-17H2,1H3,(H,24,26). The van der Waals surface area contributed by atoms with Crippen LogP contribution in [0.1, 0.15) is 43.0 Å². The molecule has 1 amide bonds. The molecule has 32 heavy (non-hydrogen) atoms. The summed E-state index contributed by atoms with van der Waals surface area (Å²) in [7, 11) is -3.52. The van der Waals surface area contributed by atoms with Gasteiger partial charge in [0.05, 0.1) is 17.1 Å². The van der Waals surface area contributed by atoms with Gasteiger partial charge in [0.15, 0.2) is 6.61 Å². The minimum atomic E-state index is -3.52. The van der Waals surface area contributed by atoms with Gasteiger partial charge in [0, 0.05) is 18.8 Å². The Morgan fingerprint density at radius 3 is 2.16 bits per heavy atom. The van der Waals surface area contributed by atoms with Crippen molar-refractivity contribution < 1.29 is 27.5 Å². The summed E-state index contributed by atoms with van der Waals surface area (Å²) >= 11 is 0. The van der Waals surface area contributed by atoms with Crippen molar-refractivity contribution in [3.05, 3.63) is 54.1 Å². The highest BCUT2D eigenvalue weighted by Crippen LogP contribution is 2.22. The van der Waals surface area contributed by atoms with Gasteiger partial charge in [-0.2, -0.15) is 4.31 Å². The van der Waals surface area contributed by atoms with Crippen LogP contribution in [-0.2, 0) is 19.6 Å². The van der Waals surface area contributed by atoms with Gasteiger partial charge in [0.2, 0.25) is 10.0 Å². The number of amides is 1. The van der Waals surface area contributed by atoms with E-state index >= 15 is 0 Å². The minimum absolute atomic E-state index is 0.220. The molecule has 2 aromatic carbocycles. The molecule has 0 bridgehead atoms. The summed E-state index contributed by atoms with van der Waals surface area (Å²) in [4.78, 5) is 24.0. The Hall–Kier alpha value is -2.91. The monoisotopic (exact) mass is 460 g/mol. The van der Waals surface area contributed by atoms with Crippen molar-refractivity contribution in [3.8, 4) is 5.75 Å². The van der Waals surface area contributed by atoms with E-state index in [4.69, 9.17) is 9.47 Å². The summed E-state index contributed by atoms with van der Waals surface area (Å²) in [5.41, 5.74) is 0.918. The van der Waals surface area contributed by atoms with E-state index in [0.717, 1.165) is 25.7 Å². The van der Waals surface area contributed by atoms with Gasteiger partial charge in [-0.15, -0.1) is 0 Å². The van der Waals surface area contributed by atoms with Crippen LogP contribution in [0.3, 0.4) is 0 Å². The predicted molar refractivity (Wildman–Crippen MR) is 120 cm³/mol. The lowest BCUT2D eigenvalue weighted by Gasteiger charge is -2.20. The zero-order valence-electron chi connectivity index (χ0n) is 18.1. The zero-order chi connectivity index (χ0) is 23.0. The summed E-state index contributed by atoms with van der Waals surface area (Å²) in [6.07, 6.45) is 3.86. The molecule has 0 atom stereocenters. The number of benzene rings is 2. The number of nitrogens with zero attached hydrogens (tertiary/aromatic N) is 1. The number of rotatable bonds is 8. The maximum atomic E-state index is 12.8. The molecule has 1 aliphatic rings. The Morgan fingerprint density at radius 1 is 0.938 bits per heavy atom. The summed E-state index contributed by atoms with van der Waals surface area (Å²) < 4.78 is 37.6. The normalized spacial score (nSPS) is 14.9. The number of anilines is 1. The SMILES string of the molecule is CCOC(=O)c1ccc(NC(=O)COc2ccc(S(=O)(=O)N3CCCCCC3)cc2)cc1. The molecular weight excluding hydrogens is 432 g/mol. The second kappa shape index (κ2) is 11.1. The van der Waals surface area contributed by atoms with Crippen molar-refractivity contribution in [1.82, 2.24) is 4.31 Å². The Kier molecular flexibility index (Phi) is 8.24. The van der Waals surface area contributed by atoms with Gasteiger partial charge in [-0.3, -0.25) is 4.79 Å². The number of carbonyl (C=O) groups is 2. The third-order valence-electron chi connectivity index (χ3n) is 5.08. The van der Waals surface area contributed by atoms with Crippen molar-refractivity contribution in [1.29, 1.82) is 0 Å². The first kappa shape index (κ1) is 23.7. The van der Waals surface area contributed by atoms with Crippen molar-refractivity contribution in [2.24, 2.45) is 0 Å². The molecule has 1 aliphatic heterocycles. The van der Waals surface area contributed by atoms with Crippen LogP contribution in [0.5, 0.6) is 5.75 Å². The molecule has 1 heterocycles. The quantitative estimate of drug-likeness (QED) is 0.606. The molecule has 0 saturated carbocycles. The van der Waals surface area contributed by atoms with E-state index in [1.54, 1.807) is 43.3 Å². The fourth-order valence-electron chi connectivity index (χ4n) is 3.39. The van der Waals surface area contributed by atoms with E-state index in [1.165, 1.54) is 16.4 Å². The van der Waals surface area contributed by atoms with Crippen LogP contribution < -0.4 is 10.1 Å². The van der Waals surface area contributed by atoms with Crippen molar-refractivity contribution in [3.63, 3.8) is 0 Å². The van der Waals surface area contributed by atoms with Crippen molar-refractivity contribution in [2.75, 3.05) is 31.6 Å². The molecular formula is C23H28N2O6S. The lowest BCUT2D eigenvalue weighted by molar-refractivity contribution is -0.118. The van der Waals surface area contributed by atoms with Gasteiger partial charge < -0.3 is 14.8 Å². The van der Waals surface area contributed by atoms with Crippen molar-refractivity contribution >= 4 is 27.6 Å². The van der Waals surface area contributed by atoms with Gasteiger partial charge in [0.1, 0.15) is 5.75 Å². The van der Waals surface area contributed by atoms with E-state index in [1.807, 2.05) is 0 Å². The van der Waals surface area contributed by atoms with E-state index in [2.05, 4.69) is 5.32 Å². The fourth-order valence-corrected chi connectivity index (χ4v) is 4.91. The topological polar surface area (TPSA) is 102 Å².